The van der Waals surface area contributed by atoms with Gasteiger partial charge >= 0.3 is 0 Å². The molecule has 0 spiro atoms. The first kappa shape index (κ1) is 12.4. The minimum absolute atomic E-state index is 0.0576. The summed E-state index contributed by atoms with van der Waals surface area (Å²) in [5.41, 5.74) is 8.27. The highest BCUT2D eigenvalue weighted by Crippen LogP contribution is 2.16. The number of amides is 1. The number of nitrogens with two attached hydrogens (primary N) is 1. The van der Waals surface area contributed by atoms with Crippen LogP contribution in [0.15, 0.2) is 18.2 Å². The molecular weight excluding hydrogens is 222 g/mol. The van der Waals surface area contributed by atoms with Gasteiger partial charge in [-0.05, 0) is 30.7 Å². The molecule has 0 unspecified atom stereocenters. The monoisotopic (exact) mass is 237 g/mol. The summed E-state index contributed by atoms with van der Waals surface area (Å²) in [4.78, 5) is 11.4. The SMILES string of the molecule is CNC(=O)CNc1ccc(C(N)=S)cc1C. The van der Waals surface area contributed by atoms with Gasteiger partial charge in [0.25, 0.3) is 0 Å². The van der Waals surface area contributed by atoms with E-state index in [1.165, 1.54) is 0 Å². The van der Waals surface area contributed by atoms with Gasteiger partial charge in [-0.15, -0.1) is 0 Å². The summed E-state index contributed by atoms with van der Waals surface area (Å²) in [6, 6.07) is 5.60. The van der Waals surface area contributed by atoms with Crippen molar-refractivity contribution in [1.82, 2.24) is 5.32 Å². The molecule has 4 nitrogen and oxygen atoms in total. The molecule has 0 saturated heterocycles. The topological polar surface area (TPSA) is 67.2 Å². The van der Waals surface area contributed by atoms with E-state index in [2.05, 4.69) is 10.6 Å². The maximum Gasteiger partial charge on any atom is 0.239 e. The summed E-state index contributed by atoms with van der Waals surface area (Å²) in [6.45, 7) is 2.19. The van der Waals surface area contributed by atoms with Crippen LogP contribution in [0.5, 0.6) is 0 Å². The number of rotatable bonds is 4. The molecule has 0 radical (unpaired) electrons. The van der Waals surface area contributed by atoms with Gasteiger partial charge in [-0.2, -0.15) is 0 Å². The third-order valence-corrected chi connectivity index (χ3v) is 2.46. The molecule has 5 heteroatoms. The van der Waals surface area contributed by atoms with Crippen molar-refractivity contribution in [3.63, 3.8) is 0 Å². The number of anilines is 1. The van der Waals surface area contributed by atoms with E-state index in [1.807, 2.05) is 25.1 Å². The van der Waals surface area contributed by atoms with E-state index in [0.29, 0.717) is 4.99 Å². The predicted molar refractivity (Wildman–Crippen MR) is 69.6 cm³/mol. The summed E-state index contributed by atoms with van der Waals surface area (Å²) >= 11 is 4.88. The van der Waals surface area contributed by atoms with E-state index in [9.17, 15) is 4.79 Å². The lowest BCUT2D eigenvalue weighted by Crippen LogP contribution is -2.26. The lowest BCUT2D eigenvalue weighted by molar-refractivity contribution is -0.118. The third kappa shape index (κ3) is 3.20. The Balaban J connectivity index is 2.75. The molecule has 0 aliphatic heterocycles. The Morgan fingerprint density at radius 3 is 2.69 bits per heavy atom. The molecule has 0 aliphatic rings. The lowest BCUT2D eigenvalue weighted by atomic mass is 10.1. The predicted octanol–water partition coefficient (Wildman–Crippen LogP) is 0.787. The number of carbonyl (C=O) groups is 1. The van der Waals surface area contributed by atoms with Crippen LogP contribution in [-0.2, 0) is 4.79 Å². The zero-order valence-corrected chi connectivity index (χ0v) is 10.1. The van der Waals surface area contributed by atoms with E-state index in [0.717, 1.165) is 16.8 Å². The molecule has 0 bridgehead atoms. The number of carbonyl (C=O) groups excluding carboxylic acids is 1. The highest BCUT2D eigenvalue weighted by molar-refractivity contribution is 7.80. The van der Waals surface area contributed by atoms with Gasteiger partial charge in [0.1, 0.15) is 4.99 Å². The third-order valence-electron chi connectivity index (χ3n) is 2.23. The fraction of sp³-hybridized carbons (Fsp3) is 0.273. The maximum atomic E-state index is 11.1. The number of hydrogen-bond acceptors (Lipinski definition) is 3. The van der Waals surface area contributed by atoms with Gasteiger partial charge in [0.15, 0.2) is 0 Å². The molecule has 1 rings (SSSR count). The maximum absolute atomic E-state index is 11.1. The van der Waals surface area contributed by atoms with Crippen LogP contribution in [0.1, 0.15) is 11.1 Å². The largest absolute Gasteiger partial charge is 0.389 e. The molecule has 4 N–H and O–H groups in total. The van der Waals surface area contributed by atoms with E-state index in [-0.39, 0.29) is 12.5 Å². The fourth-order valence-corrected chi connectivity index (χ4v) is 1.41. The smallest absolute Gasteiger partial charge is 0.239 e. The van der Waals surface area contributed by atoms with E-state index < -0.39 is 0 Å². The fourth-order valence-electron chi connectivity index (χ4n) is 1.28. The molecule has 86 valence electrons. The number of thiocarbonyl (C=S) groups is 1. The number of nitrogens with one attached hydrogen (secondary N) is 2. The number of aryl methyl sites for hydroxylation is 1. The summed E-state index contributed by atoms with van der Waals surface area (Å²) in [5, 5.41) is 5.58. The lowest BCUT2D eigenvalue weighted by Gasteiger charge is -2.10. The van der Waals surface area contributed by atoms with Crippen molar-refractivity contribution in [3.05, 3.63) is 29.3 Å². The van der Waals surface area contributed by atoms with Gasteiger partial charge in [-0.3, -0.25) is 4.79 Å². The minimum atomic E-state index is -0.0576. The molecular formula is C11H15N3OS. The van der Waals surface area contributed by atoms with Crippen molar-refractivity contribution in [2.75, 3.05) is 18.9 Å². The Kier molecular flexibility index (Phi) is 4.25. The Morgan fingerprint density at radius 1 is 1.50 bits per heavy atom. The van der Waals surface area contributed by atoms with Crippen LogP contribution in [0.25, 0.3) is 0 Å². The summed E-state index contributed by atoms with van der Waals surface area (Å²) < 4.78 is 0. The Hall–Kier alpha value is -1.62. The first-order valence-corrected chi connectivity index (χ1v) is 5.30. The van der Waals surface area contributed by atoms with Crippen LogP contribution in [0.4, 0.5) is 5.69 Å². The number of benzene rings is 1. The second-order valence-corrected chi connectivity index (χ2v) is 3.86. The van der Waals surface area contributed by atoms with Crippen LogP contribution < -0.4 is 16.4 Å². The van der Waals surface area contributed by atoms with Crippen molar-refractivity contribution < 1.29 is 4.79 Å². The molecule has 1 aromatic rings. The quantitative estimate of drug-likeness (QED) is 0.677. The zero-order chi connectivity index (χ0) is 12.1. The molecule has 0 aliphatic carbocycles. The van der Waals surface area contributed by atoms with Gasteiger partial charge in [-0.1, -0.05) is 12.2 Å². The Bertz CT molecular complexity index is 418. The molecule has 0 heterocycles. The normalized spacial score (nSPS) is 9.62. The van der Waals surface area contributed by atoms with Crippen molar-refractivity contribution >= 4 is 28.8 Å². The van der Waals surface area contributed by atoms with Gasteiger partial charge in [-0.25, -0.2) is 0 Å². The van der Waals surface area contributed by atoms with Crippen molar-refractivity contribution in [2.24, 2.45) is 5.73 Å². The molecule has 0 saturated carbocycles. The standard InChI is InChI=1S/C11H15N3OS/c1-7-5-8(11(12)16)3-4-9(7)14-6-10(15)13-2/h3-5,14H,6H2,1-2H3,(H2,12,16)(H,13,15). The second-order valence-electron chi connectivity index (χ2n) is 3.42. The average Bonchev–Trinajstić information content (AvgIpc) is 2.26. The average molecular weight is 237 g/mol. The van der Waals surface area contributed by atoms with Gasteiger partial charge in [0.2, 0.25) is 5.91 Å². The summed E-state index contributed by atoms with van der Waals surface area (Å²) in [5.74, 6) is -0.0576. The molecule has 0 atom stereocenters. The van der Waals surface area contributed by atoms with Crippen molar-refractivity contribution in [3.8, 4) is 0 Å². The second kappa shape index (κ2) is 5.46. The number of hydrogen-bond donors (Lipinski definition) is 3. The minimum Gasteiger partial charge on any atom is -0.389 e. The highest BCUT2D eigenvalue weighted by atomic mass is 32.1. The van der Waals surface area contributed by atoms with Gasteiger partial charge < -0.3 is 16.4 Å². The van der Waals surface area contributed by atoms with E-state index in [4.69, 9.17) is 18.0 Å². The molecule has 0 aromatic heterocycles. The number of likely N-dealkylation sites (N-methyl/N-ethyl adjacent to an activating group) is 1. The van der Waals surface area contributed by atoms with Crippen LogP contribution in [0.2, 0.25) is 0 Å². The molecule has 1 amide bonds. The molecule has 1 aromatic carbocycles. The highest BCUT2D eigenvalue weighted by Gasteiger charge is 2.03. The zero-order valence-electron chi connectivity index (χ0n) is 9.33. The van der Waals surface area contributed by atoms with Crippen LogP contribution in [0.3, 0.4) is 0 Å². The van der Waals surface area contributed by atoms with Crippen LogP contribution in [0, 0.1) is 6.92 Å². The van der Waals surface area contributed by atoms with Gasteiger partial charge in [0, 0.05) is 18.3 Å². The van der Waals surface area contributed by atoms with Crippen molar-refractivity contribution in [2.45, 2.75) is 6.92 Å². The Labute approximate surface area is 100 Å². The van der Waals surface area contributed by atoms with Gasteiger partial charge in [0.05, 0.1) is 6.54 Å². The van der Waals surface area contributed by atoms with E-state index >= 15 is 0 Å². The van der Waals surface area contributed by atoms with Crippen molar-refractivity contribution in [1.29, 1.82) is 0 Å². The Morgan fingerprint density at radius 2 is 2.19 bits per heavy atom. The summed E-state index contributed by atoms with van der Waals surface area (Å²) in [6.07, 6.45) is 0. The molecule has 16 heavy (non-hydrogen) atoms. The first-order valence-electron chi connectivity index (χ1n) is 4.89. The van der Waals surface area contributed by atoms with Crippen LogP contribution in [-0.4, -0.2) is 24.5 Å². The van der Waals surface area contributed by atoms with E-state index in [1.54, 1.807) is 7.05 Å². The molecule has 0 fully saturated rings. The first-order chi connectivity index (χ1) is 7.54. The summed E-state index contributed by atoms with van der Waals surface area (Å²) in [7, 11) is 1.60. The van der Waals surface area contributed by atoms with Crippen LogP contribution >= 0.6 is 12.2 Å².